The number of β-lactam (4-membered cyclic amide) rings is 2. The SMILES string of the molecule is CN1CCN=C1N1CC(S)C1.C[C@@H](O)[C@H]1C(=O)N2C(C(=O)OC(=O)c3ccc([N+](=O)[O-])cc3)=C(OP(=O)(Oc3ccccc3)Oc3ccccc3)[C@H](C)[C@H]12.C[C@@H](O)[C@H]1C(=O)N2C(C(=O)OC(=O)c3ccc([N+](=O)[O-])cc3)=C(SC3CN(C4=NCCN4C)C3)[C@H](C)[C@H]12.Cl. The molecular weight excluding hydrogens is 1280 g/mol. The van der Waals surface area contributed by atoms with Gasteiger partial charge in [-0.3, -0.25) is 44.7 Å². The number of esters is 4. The molecule has 28 nitrogen and oxygen atoms in total. The van der Waals surface area contributed by atoms with E-state index in [9.17, 15) is 63.8 Å². The van der Waals surface area contributed by atoms with Crippen LogP contribution in [-0.2, 0) is 37.7 Å². The summed E-state index contributed by atoms with van der Waals surface area (Å²) >= 11 is 5.85. The average molecular weight is 1350 g/mol. The number of hydrogen-bond donors (Lipinski definition) is 3. The molecule has 4 saturated heterocycles. The Labute approximate surface area is 543 Å². The quantitative estimate of drug-likeness (QED) is 0.0219. The summed E-state index contributed by atoms with van der Waals surface area (Å²) in [6.45, 7) is 13.7. The molecule has 488 valence electrons. The van der Waals surface area contributed by atoms with E-state index in [-0.39, 0.29) is 74.9 Å². The Morgan fingerprint density at radius 2 is 1.02 bits per heavy atom. The van der Waals surface area contributed by atoms with Crippen LogP contribution in [0.25, 0.3) is 0 Å². The predicted octanol–water partition coefficient (Wildman–Crippen LogP) is 6.02. The van der Waals surface area contributed by atoms with Crippen molar-refractivity contribution in [1.82, 2.24) is 29.4 Å². The van der Waals surface area contributed by atoms with Crippen LogP contribution in [0.15, 0.2) is 141 Å². The summed E-state index contributed by atoms with van der Waals surface area (Å²) in [5.74, 6) is -5.96. The van der Waals surface area contributed by atoms with Crippen molar-refractivity contribution in [2.24, 2.45) is 33.7 Å². The van der Waals surface area contributed by atoms with Crippen molar-refractivity contribution in [2.75, 3.05) is 66.5 Å². The normalized spacial score (nSPS) is 22.8. The Hall–Kier alpha value is -8.54. The Bertz CT molecular complexity index is 3660. The van der Waals surface area contributed by atoms with Crippen LogP contribution in [-0.4, -0.2) is 198 Å². The van der Waals surface area contributed by atoms with Gasteiger partial charge < -0.3 is 57.8 Å². The zero-order chi connectivity index (χ0) is 65.3. The third-order valence-electron chi connectivity index (χ3n) is 16.4. The lowest BCUT2D eigenvalue weighted by atomic mass is 9.79. The van der Waals surface area contributed by atoms with Gasteiger partial charge in [-0.15, -0.1) is 24.2 Å². The van der Waals surface area contributed by atoms with Crippen LogP contribution < -0.4 is 9.05 Å². The Morgan fingerprint density at radius 1 is 0.620 bits per heavy atom. The van der Waals surface area contributed by atoms with Crippen molar-refractivity contribution in [3.8, 4) is 11.5 Å². The number of likely N-dealkylation sites (N-methyl/N-ethyl adjacent to an activating group) is 2. The predicted molar refractivity (Wildman–Crippen MR) is 338 cm³/mol. The molecule has 8 atom stereocenters. The van der Waals surface area contributed by atoms with E-state index >= 15 is 0 Å². The number of nitro benzene ring substituents is 2. The second-order valence-electron chi connectivity index (χ2n) is 22.7. The van der Waals surface area contributed by atoms with E-state index in [0.29, 0.717) is 10.2 Å². The van der Waals surface area contributed by atoms with E-state index in [2.05, 4.69) is 49.3 Å². The first-order chi connectivity index (χ1) is 43.3. The first kappa shape index (κ1) is 67.8. The highest BCUT2D eigenvalue weighted by atomic mass is 35.5. The smallest absolute Gasteiger partial charge is 0.393 e. The lowest BCUT2D eigenvalue weighted by Crippen LogP contribution is -2.63. The number of para-hydroxylation sites is 2. The number of phosphoric acid groups is 1. The third kappa shape index (κ3) is 13.9. The van der Waals surface area contributed by atoms with E-state index in [4.69, 9.17) is 23.0 Å². The van der Waals surface area contributed by atoms with Gasteiger partial charge in [-0.2, -0.15) is 17.2 Å². The number of ether oxygens (including phenoxy) is 2. The molecule has 0 radical (unpaired) electrons. The Morgan fingerprint density at radius 3 is 1.41 bits per heavy atom. The maximum Gasteiger partial charge on any atom is 0.646 e. The van der Waals surface area contributed by atoms with Crippen molar-refractivity contribution < 1.29 is 76.4 Å². The standard InChI is InChI=1S/C29H25N2O11P.C24H27N5O7S.C7H13N3S.ClH/c1-17-24-23(18(2)32)27(33)30(24)25(29(35)39-28(34)19-13-15-20(16-14-19)31(36)37)26(17)42-43(38,40-21-9-5-3-6-10-21)41-22-11-7-4-8-12-22;1-12-18-17(13(2)30)21(31)28(18)19(20(12)37-16-10-27(11-16)24-25-8-9-26(24)3)23(33)36-22(32)14-4-6-15(7-5-14)29(34)35;1-9-3-2-8-7(9)10-4-6(11)5-10;/h3-18,23-24,32H,1-2H3;4-7,12-13,16-18,30H,8-11H2,1-3H3;6,11H,2-5H2,1H3;1H/t17-,18-,23-,24-;12-,13-,17-,18-;;/m11../s1. The van der Waals surface area contributed by atoms with Crippen LogP contribution in [0.5, 0.6) is 11.5 Å². The molecule has 32 heteroatoms. The molecule has 8 aliphatic rings. The Balaban J connectivity index is 0.000000185. The molecule has 2 N–H and O–H groups in total. The zero-order valence-corrected chi connectivity index (χ0v) is 53.9. The number of aliphatic imine (C=N–C) groups is 2. The summed E-state index contributed by atoms with van der Waals surface area (Å²) < 4.78 is 41.5. The number of thioether (sulfide) groups is 1. The number of fused-ring (bicyclic) bond motifs is 2. The molecule has 4 aromatic carbocycles. The second kappa shape index (κ2) is 28.1. The van der Waals surface area contributed by atoms with Gasteiger partial charge >= 0.3 is 31.7 Å². The molecule has 0 unspecified atom stereocenters. The van der Waals surface area contributed by atoms with Gasteiger partial charge in [-0.25, -0.2) is 19.2 Å². The minimum absolute atomic E-state index is 0. The number of benzene rings is 4. The van der Waals surface area contributed by atoms with Crippen molar-refractivity contribution in [3.63, 3.8) is 0 Å². The molecule has 8 aliphatic heterocycles. The summed E-state index contributed by atoms with van der Waals surface area (Å²) in [6.07, 6.45) is -1.97. The first-order valence-electron chi connectivity index (χ1n) is 29.0. The van der Waals surface area contributed by atoms with Crippen LogP contribution in [0.3, 0.4) is 0 Å². The van der Waals surface area contributed by atoms with Gasteiger partial charge in [0.05, 0.1) is 70.2 Å². The number of rotatable bonds is 16. The number of guanidine groups is 2. The molecule has 0 aromatic heterocycles. The number of nitro groups is 2. The van der Waals surface area contributed by atoms with Gasteiger partial charge in [-0.1, -0.05) is 50.2 Å². The number of likely N-dealkylation sites (tertiary alicyclic amines) is 2. The van der Waals surface area contributed by atoms with Gasteiger partial charge in [-0.05, 0) is 62.4 Å². The molecule has 0 aliphatic carbocycles. The summed E-state index contributed by atoms with van der Waals surface area (Å²) in [4.78, 5) is 119. The van der Waals surface area contributed by atoms with Gasteiger partial charge in [0.15, 0.2) is 17.6 Å². The lowest BCUT2D eigenvalue weighted by molar-refractivity contribution is -0.385. The summed E-state index contributed by atoms with van der Waals surface area (Å²) in [5, 5.41) is 43.0. The third-order valence-corrected chi connectivity index (χ3v) is 19.4. The van der Waals surface area contributed by atoms with E-state index in [1.165, 1.54) is 60.0 Å². The van der Waals surface area contributed by atoms with E-state index in [0.717, 1.165) is 106 Å². The minimum Gasteiger partial charge on any atom is -0.393 e. The molecular formula is C60H66ClN10O18PS2. The highest BCUT2D eigenvalue weighted by molar-refractivity contribution is 8.03. The molecule has 92 heavy (non-hydrogen) atoms. The number of non-ortho nitro benzene ring substituents is 2. The van der Waals surface area contributed by atoms with Gasteiger partial charge in [0.1, 0.15) is 23.0 Å². The highest BCUT2D eigenvalue weighted by Crippen LogP contribution is 2.57. The second-order valence-corrected chi connectivity index (χ2v) is 26.2. The monoisotopic (exact) mass is 1340 g/mol. The number of amides is 2. The van der Waals surface area contributed by atoms with Gasteiger partial charge in [0.25, 0.3) is 11.4 Å². The largest absolute Gasteiger partial charge is 0.646 e. The number of aliphatic hydroxyl groups is 2. The number of thiol groups is 1. The van der Waals surface area contributed by atoms with E-state index in [1.807, 2.05) is 14.0 Å². The van der Waals surface area contributed by atoms with Crippen LogP contribution in [0.1, 0.15) is 48.4 Å². The van der Waals surface area contributed by atoms with Crippen LogP contribution >= 0.6 is 44.6 Å². The van der Waals surface area contributed by atoms with Crippen molar-refractivity contribution >= 4 is 104 Å². The highest BCUT2D eigenvalue weighted by Gasteiger charge is 2.63. The number of carbonyl (C=O) groups excluding carboxylic acids is 6. The van der Waals surface area contributed by atoms with Crippen molar-refractivity contribution in [1.29, 1.82) is 0 Å². The van der Waals surface area contributed by atoms with Crippen LogP contribution in [0, 0.1) is 43.9 Å². The fourth-order valence-corrected chi connectivity index (χ4v) is 15.0. The molecule has 8 heterocycles. The lowest BCUT2D eigenvalue weighted by Gasteiger charge is -2.46. The minimum atomic E-state index is -4.64. The summed E-state index contributed by atoms with van der Waals surface area (Å²) in [6, 6.07) is 23.8. The molecule has 0 saturated carbocycles. The molecule has 4 fully saturated rings. The number of hydrogen-bond acceptors (Lipinski definition) is 26. The number of carbonyl (C=O) groups is 6. The Kier molecular flexibility index (Phi) is 20.7. The fourth-order valence-electron chi connectivity index (χ4n) is 11.7. The molecule has 0 spiro atoms. The molecule has 4 aromatic rings. The zero-order valence-electron chi connectivity index (χ0n) is 50.4. The average Bonchev–Trinajstić information content (AvgIpc) is 1.55. The number of phosphoric ester groups is 1. The molecule has 12 rings (SSSR count). The van der Waals surface area contributed by atoms with Gasteiger partial charge in [0, 0.05) is 105 Å². The maximum atomic E-state index is 14.2. The van der Waals surface area contributed by atoms with E-state index < -0.39 is 95.2 Å². The first-order valence-corrected chi connectivity index (χ1v) is 31.9. The van der Waals surface area contributed by atoms with Crippen molar-refractivity contribution in [2.45, 2.75) is 62.5 Å². The summed E-state index contributed by atoms with van der Waals surface area (Å²) in [7, 11) is -0.546. The molecule has 2 amide bonds. The number of aliphatic hydroxyl groups excluding tert-OH is 2. The van der Waals surface area contributed by atoms with Gasteiger partial charge in [0.2, 0.25) is 11.8 Å². The van der Waals surface area contributed by atoms with Crippen molar-refractivity contribution in [3.05, 3.63) is 163 Å². The van der Waals surface area contributed by atoms with E-state index in [1.54, 1.807) is 50.2 Å². The fraction of sp³-hybridized carbons (Fsp3) is 0.400. The van der Waals surface area contributed by atoms with Crippen LogP contribution in [0.2, 0.25) is 0 Å². The molecule has 0 bridgehead atoms. The number of halogens is 1. The topological polar surface area (TPSA) is 337 Å². The van der Waals surface area contributed by atoms with Crippen LogP contribution in [0.4, 0.5) is 11.4 Å². The number of nitrogens with zero attached hydrogens (tertiary/aromatic N) is 10. The summed E-state index contributed by atoms with van der Waals surface area (Å²) in [5.41, 5.74) is -1.15. The maximum absolute atomic E-state index is 14.2.